The summed E-state index contributed by atoms with van der Waals surface area (Å²) in [6.45, 7) is 3.50. The number of carbonyl (C=O) groups is 3. The van der Waals surface area contributed by atoms with Gasteiger partial charge in [-0.15, -0.1) is 0 Å². The molecule has 1 aromatic carbocycles. The summed E-state index contributed by atoms with van der Waals surface area (Å²) in [6.07, 6.45) is 0.796. The SMILES string of the molecule is CC(=O)N(CC(=O)N1CCN(C=O)CC1)c1ccccc1Br. The molecule has 6 nitrogen and oxygen atoms in total. The van der Waals surface area contributed by atoms with Crippen molar-refractivity contribution in [2.75, 3.05) is 37.6 Å². The molecule has 0 radical (unpaired) electrons. The minimum atomic E-state index is -0.188. The summed E-state index contributed by atoms with van der Waals surface area (Å²) in [5.74, 6) is -0.303. The Labute approximate surface area is 137 Å². The highest BCUT2D eigenvalue weighted by atomic mass is 79.9. The highest BCUT2D eigenvalue weighted by Gasteiger charge is 2.24. The summed E-state index contributed by atoms with van der Waals surface area (Å²) in [5, 5.41) is 0. The first kappa shape index (κ1) is 16.5. The van der Waals surface area contributed by atoms with Crippen molar-refractivity contribution in [3.8, 4) is 0 Å². The molecule has 22 heavy (non-hydrogen) atoms. The Bertz CT molecular complexity index is 571. The Morgan fingerprint density at radius 3 is 2.41 bits per heavy atom. The fourth-order valence-electron chi connectivity index (χ4n) is 2.35. The van der Waals surface area contributed by atoms with Crippen molar-refractivity contribution >= 4 is 39.8 Å². The fraction of sp³-hybridized carbons (Fsp3) is 0.400. The van der Waals surface area contributed by atoms with Crippen LogP contribution in [0.4, 0.5) is 5.69 Å². The van der Waals surface area contributed by atoms with Gasteiger partial charge < -0.3 is 14.7 Å². The summed E-state index contributed by atoms with van der Waals surface area (Å²) in [5.41, 5.74) is 0.676. The van der Waals surface area contributed by atoms with Crippen LogP contribution in [0.1, 0.15) is 6.92 Å². The minimum Gasteiger partial charge on any atom is -0.342 e. The molecule has 3 amide bonds. The van der Waals surface area contributed by atoms with Gasteiger partial charge in [-0.2, -0.15) is 0 Å². The van der Waals surface area contributed by atoms with Crippen molar-refractivity contribution in [2.24, 2.45) is 0 Å². The molecule has 1 heterocycles. The monoisotopic (exact) mass is 367 g/mol. The molecule has 0 aromatic heterocycles. The Hall–Kier alpha value is -1.89. The van der Waals surface area contributed by atoms with E-state index in [0.29, 0.717) is 31.9 Å². The van der Waals surface area contributed by atoms with Gasteiger partial charge in [-0.25, -0.2) is 0 Å². The third kappa shape index (κ3) is 3.85. The Kier molecular flexibility index (Phi) is 5.54. The number of nitrogens with zero attached hydrogens (tertiary/aromatic N) is 3. The van der Waals surface area contributed by atoms with Crippen molar-refractivity contribution in [3.05, 3.63) is 28.7 Å². The molecule has 0 bridgehead atoms. The van der Waals surface area contributed by atoms with Gasteiger partial charge in [0.1, 0.15) is 6.54 Å². The van der Waals surface area contributed by atoms with Crippen molar-refractivity contribution in [1.29, 1.82) is 0 Å². The van der Waals surface area contributed by atoms with Crippen LogP contribution in [0, 0.1) is 0 Å². The van der Waals surface area contributed by atoms with Crippen molar-refractivity contribution in [1.82, 2.24) is 9.80 Å². The maximum absolute atomic E-state index is 12.4. The number of piperazine rings is 1. The van der Waals surface area contributed by atoms with Crippen LogP contribution in [0.5, 0.6) is 0 Å². The van der Waals surface area contributed by atoms with Crippen LogP contribution in [-0.4, -0.2) is 60.7 Å². The Balaban J connectivity index is 2.06. The molecule has 118 valence electrons. The van der Waals surface area contributed by atoms with E-state index >= 15 is 0 Å². The van der Waals surface area contributed by atoms with E-state index < -0.39 is 0 Å². The lowest BCUT2D eigenvalue weighted by molar-refractivity contribution is -0.134. The summed E-state index contributed by atoms with van der Waals surface area (Å²) in [7, 11) is 0. The molecule has 1 aromatic rings. The summed E-state index contributed by atoms with van der Waals surface area (Å²) >= 11 is 3.40. The third-order valence-electron chi connectivity index (χ3n) is 3.63. The van der Waals surface area contributed by atoms with Crippen LogP contribution in [-0.2, 0) is 14.4 Å². The molecule has 0 spiro atoms. The normalized spacial score (nSPS) is 14.6. The van der Waals surface area contributed by atoms with Crippen LogP contribution in [0.25, 0.3) is 0 Å². The van der Waals surface area contributed by atoms with Gasteiger partial charge in [-0.1, -0.05) is 12.1 Å². The smallest absolute Gasteiger partial charge is 0.242 e. The number of halogens is 1. The van der Waals surface area contributed by atoms with Gasteiger partial charge in [0.05, 0.1) is 5.69 Å². The molecular weight excluding hydrogens is 350 g/mol. The number of amides is 3. The van der Waals surface area contributed by atoms with Crippen molar-refractivity contribution in [2.45, 2.75) is 6.92 Å². The van der Waals surface area contributed by atoms with Gasteiger partial charge in [0.25, 0.3) is 0 Å². The van der Waals surface area contributed by atoms with Crippen LogP contribution in [0.2, 0.25) is 0 Å². The predicted molar refractivity (Wildman–Crippen MR) is 86.4 cm³/mol. The van der Waals surface area contributed by atoms with E-state index in [1.807, 2.05) is 18.2 Å². The number of hydrogen-bond acceptors (Lipinski definition) is 3. The van der Waals surface area contributed by atoms with Gasteiger partial charge in [-0.3, -0.25) is 14.4 Å². The van der Waals surface area contributed by atoms with Crippen molar-refractivity contribution < 1.29 is 14.4 Å². The molecule has 7 heteroatoms. The van der Waals surface area contributed by atoms with Gasteiger partial charge in [0, 0.05) is 37.6 Å². The molecule has 1 aliphatic heterocycles. The quantitative estimate of drug-likeness (QED) is 0.748. The highest BCUT2D eigenvalue weighted by molar-refractivity contribution is 9.10. The standard InChI is InChI=1S/C15H18BrN3O3/c1-12(21)19(14-5-3-2-4-13(14)16)10-15(22)18-8-6-17(11-20)7-9-18/h2-5,11H,6-10H2,1H3. The number of anilines is 1. The lowest BCUT2D eigenvalue weighted by Gasteiger charge is -2.34. The first-order valence-corrected chi connectivity index (χ1v) is 7.82. The van der Waals surface area contributed by atoms with Gasteiger partial charge in [-0.05, 0) is 28.1 Å². The summed E-state index contributed by atoms with van der Waals surface area (Å²) < 4.78 is 0.767. The second-order valence-electron chi connectivity index (χ2n) is 5.08. The maximum Gasteiger partial charge on any atom is 0.242 e. The number of hydrogen-bond donors (Lipinski definition) is 0. The van der Waals surface area contributed by atoms with E-state index in [-0.39, 0.29) is 18.4 Å². The van der Waals surface area contributed by atoms with E-state index in [4.69, 9.17) is 0 Å². The first-order valence-electron chi connectivity index (χ1n) is 7.02. The molecule has 1 fully saturated rings. The lowest BCUT2D eigenvalue weighted by Crippen LogP contribution is -2.51. The predicted octanol–water partition coefficient (Wildman–Crippen LogP) is 1.10. The Morgan fingerprint density at radius 1 is 1.23 bits per heavy atom. The van der Waals surface area contributed by atoms with E-state index in [1.54, 1.807) is 15.9 Å². The van der Waals surface area contributed by atoms with Crippen LogP contribution in [0.15, 0.2) is 28.7 Å². The Morgan fingerprint density at radius 2 is 1.86 bits per heavy atom. The minimum absolute atomic E-state index is 0.000956. The molecule has 0 atom stereocenters. The number of rotatable bonds is 4. The molecule has 0 aliphatic carbocycles. The second-order valence-corrected chi connectivity index (χ2v) is 5.93. The number of benzene rings is 1. The zero-order valence-corrected chi connectivity index (χ0v) is 14.0. The van der Waals surface area contributed by atoms with Gasteiger partial charge in [0.15, 0.2) is 0 Å². The largest absolute Gasteiger partial charge is 0.342 e. The van der Waals surface area contributed by atoms with Crippen LogP contribution < -0.4 is 4.90 Å². The average Bonchev–Trinajstić information content (AvgIpc) is 2.53. The average molecular weight is 368 g/mol. The van der Waals surface area contributed by atoms with Gasteiger partial charge in [0.2, 0.25) is 18.2 Å². The molecule has 0 saturated carbocycles. The molecule has 0 N–H and O–H groups in total. The molecule has 1 aliphatic rings. The molecule has 0 unspecified atom stereocenters. The van der Waals surface area contributed by atoms with Crippen LogP contribution >= 0.6 is 15.9 Å². The zero-order valence-electron chi connectivity index (χ0n) is 12.4. The van der Waals surface area contributed by atoms with Crippen LogP contribution in [0.3, 0.4) is 0 Å². The zero-order chi connectivity index (χ0) is 16.1. The first-order chi connectivity index (χ1) is 10.5. The molecule has 1 saturated heterocycles. The van der Waals surface area contributed by atoms with E-state index in [2.05, 4.69) is 15.9 Å². The second kappa shape index (κ2) is 7.40. The third-order valence-corrected chi connectivity index (χ3v) is 4.30. The highest BCUT2D eigenvalue weighted by Crippen LogP contribution is 2.25. The molecule has 2 rings (SSSR count). The summed E-state index contributed by atoms with van der Waals surface area (Å²) in [6, 6.07) is 7.30. The number of para-hydroxylation sites is 1. The maximum atomic E-state index is 12.4. The topological polar surface area (TPSA) is 60.9 Å². The van der Waals surface area contributed by atoms with E-state index in [9.17, 15) is 14.4 Å². The van der Waals surface area contributed by atoms with E-state index in [1.165, 1.54) is 11.8 Å². The number of carbonyl (C=O) groups excluding carboxylic acids is 3. The summed E-state index contributed by atoms with van der Waals surface area (Å²) in [4.78, 5) is 39.8. The fourth-order valence-corrected chi connectivity index (χ4v) is 2.85. The van der Waals surface area contributed by atoms with Crippen molar-refractivity contribution in [3.63, 3.8) is 0 Å². The van der Waals surface area contributed by atoms with E-state index in [0.717, 1.165) is 10.9 Å². The molecular formula is C15H18BrN3O3. The van der Waals surface area contributed by atoms with Gasteiger partial charge >= 0.3 is 0 Å². The lowest BCUT2D eigenvalue weighted by atomic mass is 10.2.